The van der Waals surface area contributed by atoms with Gasteiger partial charge in [0.05, 0.1) is 5.02 Å². The molecule has 27 heavy (non-hydrogen) atoms. The number of benzene rings is 1. The number of rotatable bonds is 4. The van der Waals surface area contributed by atoms with Crippen molar-refractivity contribution in [2.75, 3.05) is 30.7 Å². The number of nitrogens with two attached hydrogens (primary N) is 1. The van der Waals surface area contributed by atoms with Gasteiger partial charge in [-0.1, -0.05) is 23.2 Å². The third-order valence-electron chi connectivity index (χ3n) is 5.09. The molecule has 144 valence electrons. The second kappa shape index (κ2) is 8.15. The van der Waals surface area contributed by atoms with Crippen LogP contribution < -0.4 is 11.1 Å². The Labute approximate surface area is 174 Å². The van der Waals surface area contributed by atoms with E-state index >= 15 is 0 Å². The Bertz CT molecular complexity index is 956. The molecular weight excluding hydrogens is 405 g/mol. The summed E-state index contributed by atoms with van der Waals surface area (Å²) in [6, 6.07) is 9.99. The zero-order chi connectivity index (χ0) is 18.3. The van der Waals surface area contributed by atoms with Crippen LogP contribution in [0.15, 0.2) is 30.3 Å². The fourth-order valence-corrected chi connectivity index (χ4v) is 3.97. The van der Waals surface area contributed by atoms with Crippen LogP contribution in [0.2, 0.25) is 10.0 Å². The number of fused-ring (bicyclic) bond motifs is 3. The first-order valence-electron chi connectivity index (χ1n) is 8.73. The molecule has 0 amide bonds. The molecular formula is C19H22Cl3N5. The number of aromatic amines is 1. The van der Waals surface area contributed by atoms with E-state index in [0.29, 0.717) is 16.9 Å². The molecule has 0 fully saturated rings. The average molecular weight is 427 g/mol. The number of halogens is 3. The SMILES string of the molecule is CC1c2[nH]c3ccc(Cl)cc3c2CCN1CCNc1ccc(Cl)c(N)n1.Cl. The van der Waals surface area contributed by atoms with Crippen LogP contribution in [-0.2, 0) is 6.42 Å². The molecule has 0 saturated carbocycles. The average Bonchev–Trinajstić information content (AvgIpc) is 2.99. The summed E-state index contributed by atoms with van der Waals surface area (Å²) >= 11 is 12.1. The van der Waals surface area contributed by atoms with Crippen molar-refractivity contribution in [2.45, 2.75) is 19.4 Å². The summed E-state index contributed by atoms with van der Waals surface area (Å²) in [5, 5.41) is 5.83. The zero-order valence-corrected chi connectivity index (χ0v) is 17.3. The van der Waals surface area contributed by atoms with E-state index in [-0.39, 0.29) is 12.4 Å². The van der Waals surface area contributed by atoms with Gasteiger partial charge in [-0.05, 0) is 49.2 Å². The largest absolute Gasteiger partial charge is 0.382 e. The fraction of sp³-hybridized carbons (Fsp3) is 0.316. The first-order chi connectivity index (χ1) is 12.5. The van der Waals surface area contributed by atoms with Gasteiger partial charge in [0, 0.05) is 47.3 Å². The highest BCUT2D eigenvalue weighted by Crippen LogP contribution is 2.35. The number of nitrogens with one attached hydrogen (secondary N) is 2. The highest BCUT2D eigenvalue weighted by Gasteiger charge is 2.26. The second-order valence-electron chi connectivity index (χ2n) is 6.66. The number of hydrogen-bond donors (Lipinski definition) is 3. The molecule has 0 bridgehead atoms. The van der Waals surface area contributed by atoms with Crippen LogP contribution in [0, 0.1) is 0 Å². The number of pyridine rings is 1. The Morgan fingerprint density at radius 1 is 1.30 bits per heavy atom. The third kappa shape index (κ3) is 3.97. The van der Waals surface area contributed by atoms with E-state index in [2.05, 4.69) is 39.2 Å². The van der Waals surface area contributed by atoms with E-state index in [1.807, 2.05) is 12.1 Å². The molecule has 3 aromatic rings. The lowest BCUT2D eigenvalue weighted by atomic mass is 9.98. The summed E-state index contributed by atoms with van der Waals surface area (Å²) < 4.78 is 0. The minimum atomic E-state index is 0. The Hall–Kier alpha value is -1.66. The van der Waals surface area contributed by atoms with E-state index in [0.717, 1.165) is 42.4 Å². The standard InChI is InChI=1S/C19H21Cl2N5.ClH/c1-11-18-13(14-10-12(20)2-4-16(14)24-18)6-8-26(11)9-7-23-17-5-3-15(21)19(22)25-17;/h2-5,10-11,24H,6-9H2,1H3,(H3,22,23,25);1H. The van der Waals surface area contributed by atoms with Gasteiger partial charge in [0.2, 0.25) is 0 Å². The molecule has 1 atom stereocenters. The van der Waals surface area contributed by atoms with Gasteiger partial charge in [-0.3, -0.25) is 4.90 Å². The molecule has 0 saturated heterocycles. The van der Waals surface area contributed by atoms with Gasteiger partial charge in [0.25, 0.3) is 0 Å². The van der Waals surface area contributed by atoms with Crippen molar-refractivity contribution in [3.63, 3.8) is 0 Å². The summed E-state index contributed by atoms with van der Waals surface area (Å²) in [5.41, 5.74) is 9.60. The lowest BCUT2D eigenvalue weighted by Crippen LogP contribution is -2.37. The van der Waals surface area contributed by atoms with E-state index in [1.165, 1.54) is 16.6 Å². The number of anilines is 2. The van der Waals surface area contributed by atoms with Crippen molar-refractivity contribution in [1.82, 2.24) is 14.9 Å². The molecule has 1 aliphatic heterocycles. The lowest BCUT2D eigenvalue weighted by molar-refractivity contribution is 0.204. The van der Waals surface area contributed by atoms with Gasteiger partial charge in [0.15, 0.2) is 0 Å². The van der Waals surface area contributed by atoms with E-state index in [9.17, 15) is 0 Å². The molecule has 5 nitrogen and oxygen atoms in total. The zero-order valence-electron chi connectivity index (χ0n) is 14.9. The van der Waals surface area contributed by atoms with Gasteiger partial charge >= 0.3 is 0 Å². The first-order valence-corrected chi connectivity index (χ1v) is 9.48. The summed E-state index contributed by atoms with van der Waals surface area (Å²) in [5.74, 6) is 1.10. The number of aromatic nitrogens is 2. The summed E-state index contributed by atoms with van der Waals surface area (Å²) in [4.78, 5) is 10.3. The summed E-state index contributed by atoms with van der Waals surface area (Å²) in [6.45, 7) is 4.97. The number of hydrogen-bond acceptors (Lipinski definition) is 4. The van der Waals surface area contributed by atoms with Crippen molar-refractivity contribution in [3.8, 4) is 0 Å². The number of H-pyrrole nitrogens is 1. The molecule has 4 rings (SSSR count). The quantitative estimate of drug-likeness (QED) is 0.554. The molecule has 0 radical (unpaired) electrons. The lowest BCUT2D eigenvalue weighted by Gasteiger charge is -2.33. The maximum atomic E-state index is 6.18. The van der Waals surface area contributed by atoms with Gasteiger partial charge in [-0.15, -0.1) is 12.4 Å². The van der Waals surface area contributed by atoms with Crippen LogP contribution in [0.4, 0.5) is 11.6 Å². The molecule has 2 aromatic heterocycles. The van der Waals surface area contributed by atoms with Crippen LogP contribution in [0.3, 0.4) is 0 Å². The first kappa shape index (κ1) is 20.1. The van der Waals surface area contributed by atoms with E-state index in [1.54, 1.807) is 6.07 Å². The molecule has 8 heteroatoms. The van der Waals surface area contributed by atoms with Gasteiger partial charge in [-0.25, -0.2) is 4.98 Å². The topological polar surface area (TPSA) is 70.0 Å². The summed E-state index contributed by atoms with van der Waals surface area (Å²) in [6.07, 6.45) is 1.02. The molecule has 1 aliphatic rings. The minimum absolute atomic E-state index is 0. The van der Waals surface area contributed by atoms with Crippen LogP contribution in [0.25, 0.3) is 10.9 Å². The fourth-order valence-electron chi connectivity index (χ4n) is 3.69. The van der Waals surface area contributed by atoms with Gasteiger partial charge in [0.1, 0.15) is 11.6 Å². The third-order valence-corrected chi connectivity index (χ3v) is 5.65. The van der Waals surface area contributed by atoms with Gasteiger partial charge < -0.3 is 16.0 Å². The van der Waals surface area contributed by atoms with Crippen LogP contribution in [-0.4, -0.2) is 34.5 Å². The Kier molecular flexibility index (Phi) is 6.06. The smallest absolute Gasteiger partial charge is 0.144 e. The Balaban J connectivity index is 0.00000210. The predicted octanol–water partition coefficient (Wildman–Crippen LogP) is 4.90. The Morgan fingerprint density at radius 2 is 2.11 bits per heavy atom. The van der Waals surface area contributed by atoms with Crippen LogP contribution >= 0.6 is 35.6 Å². The maximum Gasteiger partial charge on any atom is 0.144 e. The Morgan fingerprint density at radius 3 is 2.89 bits per heavy atom. The second-order valence-corrected chi connectivity index (χ2v) is 7.50. The predicted molar refractivity (Wildman–Crippen MR) is 116 cm³/mol. The van der Waals surface area contributed by atoms with Crippen molar-refractivity contribution >= 4 is 58.1 Å². The molecule has 1 aromatic carbocycles. The monoisotopic (exact) mass is 425 g/mol. The van der Waals surface area contributed by atoms with Crippen LogP contribution in [0.5, 0.6) is 0 Å². The van der Waals surface area contributed by atoms with Crippen molar-refractivity contribution < 1.29 is 0 Å². The van der Waals surface area contributed by atoms with Crippen molar-refractivity contribution in [3.05, 3.63) is 51.6 Å². The molecule has 0 aliphatic carbocycles. The molecule has 1 unspecified atom stereocenters. The van der Waals surface area contributed by atoms with Crippen molar-refractivity contribution in [1.29, 1.82) is 0 Å². The van der Waals surface area contributed by atoms with E-state index < -0.39 is 0 Å². The summed E-state index contributed by atoms with van der Waals surface area (Å²) in [7, 11) is 0. The number of nitrogen functional groups attached to an aromatic ring is 1. The molecule has 3 heterocycles. The van der Waals surface area contributed by atoms with Crippen LogP contribution in [0.1, 0.15) is 24.2 Å². The van der Waals surface area contributed by atoms with Gasteiger partial charge in [-0.2, -0.15) is 0 Å². The normalized spacial score (nSPS) is 16.8. The highest BCUT2D eigenvalue weighted by molar-refractivity contribution is 6.32. The number of nitrogens with zero attached hydrogens (tertiary/aromatic N) is 2. The molecule has 0 spiro atoms. The highest BCUT2D eigenvalue weighted by atomic mass is 35.5. The minimum Gasteiger partial charge on any atom is -0.382 e. The maximum absolute atomic E-state index is 6.18. The molecule has 4 N–H and O–H groups in total. The van der Waals surface area contributed by atoms with Crippen molar-refractivity contribution in [2.24, 2.45) is 0 Å². The van der Waals surface area contributed by atoms with E-state index in [4.69, 9.17) is 28.9 Å².